The lowest BCUT2D eigenvalue weighted by Crippen LogP contribution is -1.99. The summed E-state index contributed by atoms with van der Waals surface area (Å²) in [4.78, 5) is 12.6. The van der Waals surface area contributed by atoms with Gasteiger partial charge in [0.2, 0.25) is 0 Å². The number of hydrogen-bond donors (Lipinski definition) is 2. The second-order valence-electron chi connectivity index (χ2n) is 5.86. The zero-order valence-electron chi connectivity index (χ0n) is 15.9. The molecule has 27 heavy (non-hydrogen) atoms. The molecule has 0 aliphatic heterocycles. The maximum Gasteiger partial charge on any atom is 0.189 e. The molecule has 0 aliphatic rings. The van der Waals surface area contributed by atoms with Gasteiger partial charge in [0.25, 0.3) is 0 Å². The Morgan fingerprint density at radius 2 is 1.63 bits per heavy atom. The van der Waals surface area contributed by atoms with Crippen LogP contribution in [0.1, 0.15) is 34.8 Å². The molecule has 0 amide bonds. The van der Waals surface area contributed by atoms with E-state index >= 15 is 0 Å². The summed E-state index contributed by atoms with van der Waals surface area (Å²) in [5.74, 6) is 0.934. The van der Waals surface area contributed by atoms with Crippen LogP contribution in [-0.2, 0) is 6.42 Å². The second-order valence-corrected chi connectivity index (χ2v) is 5.86. The summed E-state index contributed by atoms with van der Waals surface area (Å²) < 4.78 is 15.8. The van der Waals surface area contributed by atoms with Crippen LogP contribution >= 0.6 is 0 Å². The van der Waals surface area contributed by atoms with Gasteiger partial charge < -0.3 is 24.4 Å². The maximum atomic E-state index is 12.6. The molecule has 0 radical (unpaired) electrons. The highest BCUT2D eigenvalue weighted by molar-refractivity contribution is 6.09. The van der Waals surface area contributed by atoms with E-state index in [1.54, 1.807) is 18.2 Å². The molecule has 0 fully saturated rings. The van der Waals surface area contributed by atoms with Crippen molar-refractivity contribution in [2.45, 2.75) is 19.8 Å². The highest BCUT2D eigenvalue weighted by Crippen LogP contribution is 2.36. The summed E-state index contributed by atoms with van der Waals surface area (Å²) in [6.07, 6.45) is 4.13. The molecule has 0 saturated heterocycles. The van der Waals surface area contributed by atoms with Crippen molar-refractivity contribution < 1.29 is 29.2 Å². The van der Waals surface area contributed by atoms with Crippen LogP contribution in [0.25, 0.3) is 6.08 Å². The standard InChI is InChI=1S/C21H24O6/c1-5-6-14-17(23)10-8-15(21(14)24)16(22)9-7-13-11-19(26-3)20(27-4)12-18(13)25-2/h7-12,23-24H,5-6H2,1-4H3/b9-7+. The van der Waals surface area contributed by atoms with E-state index < -0.39 is 0 Å². The molecule has 2 aromatic rings. The number of rotatable bonds is 8. The van der Waals surface area contributed by atoms with E-state index in [0.29, 0.717) is 34.8 Å². The molecule has 0 aliphatic carbocycles. The Balaban J connectivity index is 2.39. The second kappa shape index (κ2) is 8.98. The molecule has 0 spiro atoms. The SMILES string of the molecule is CCCc1c(O)ccc(C(=O)/C=C/c2cc(OC)c(OC)cc2OC)c1O. The van der Waals surface area contributed by atoms with Crippen LogP contribution in [0.3, 0.4) is 0 Å². The molecule has 6 nitrogen and oxygen atoms in total. The molecule has 0 bridgehead atoms. The Labute approximate surface area is 158 Å². The fourth-order valence-electron chi connectivity index (χ4n) is 2.76. The fourth-order valence-corrected chi connectivity index (χ4v) is 2.76. The average molecular weight is 372 g/mol. The highest BCUT2D eigenvalue weighted by atomic mass is 16.5. The Bertz CT molecular complexity index is 854. The minimum atomic E-state index is -0.387. The molecule has 2 aromatic carbocycles. The monoisotopic (exact) mass is 372 g/mol. The van der Waals surface area contributed by atoms with Gasteiger partial charge in [0.1, 0.15) is 17.2 Å². The van der Waals surface area contributed by atoms with Crippen LogP contribution in [-0.4, -0.2) is 37.3 Å². The molecular weight excluding hydrogens is 348 g/mol. The highest BCUT2D eigenvalue weighted by Gasteiger charge is 2.16. The number of phenolic OH excluding ortho intramolecular Hbond substituents is 2. The van der Waals surface area contributed by atoms with Crippen molar-refractivity contribution in [3.8, 4) is 28.7 Å². The largest absolute Gasteiger partial charge is 0.508 e. The molecule has 2 N–H and O–H groups in total. The van der Waals surface area contributed by atoms with Crippen molar-refractivity contribution in [2.24, 2.45) is 0 Å². The van der Waals surface area contributed by atoms with Gasteiger partial charge in [-0.05, 0) is 36.8 Å². The third-order valence-corrected chi connectivity index (χ3v) is 4.17. The van der Waals surface area contributed by atoms with Gasteiger partial charge in [-0.1, -0.05) is 13.3 Å². The zero-order chi connectivity index (χ0) is 20.0. The normalized spacial score (nSPS) is 10.8. The number of allylic oxidation sites excluding steroid dienone is 1. The van der Waals surface area contributed by atoms with Crippen LogP contribution in [0.2, 0.25) is 0 Å². The first-order chi connectivity index (χ1) is 13.0. The summed E-state index contributed by atoms with van der Waals surface area (Å²) in [5, 5.41) is 20.2. The number of benzene rings is 2. The lowest BCUT2D eigenvalue weighted by Gasteiger charge is -2.12. The average Bonchev–Trinajstić information content (AvgIpc) is 2.68. The quantitative estimate of drug-likeness (QED) is 0.539. The topological polar surface area (TPSA) is 85.2 Å². The van der Waals surface area contributed by atoms with Crippen molar-refractivity contribution in [1.29, 1.82) is 0 Å². The molecule has 0 atom stereocenters. The van der Waals surface area contributed by atoms with Crippen molar-refractivity contribution in [2.75, 3.05) is 21.3 Å². The third-order valence-electron chi connectivity index (χ3n) is 4.17. The summed E-state index contributed by atoms with van der Waals surface area (Å²) in [6.45, 7) is 1.93. The molecule has 0 aromatic heterocycles. The van der Waals surface area contributed by atoms with Crippen molar-refractivity contribution >= 4 is 11.9 Å². The molecule has 144 valence electrons. The van der Waals surface area contributed by atoms with Crippen molar-refractivity contribution in [3.63, 3.8) is 0 Å². The minimum Gasteiger partial charge on any atom is -0.508 e. The van der Waals surface area contributed by atoms with E-state index in [-0.39, 0.29) is 22.8 Å². The van der Waals surface area contributed by atoms with Gasteiger partial charge >= 0.3 is 0 Å². The lowest BCUT2D eigenvalue weighted by atomic mass is 10.0. The number of ether oxygens (including phenoxy) is 3. The van der Waals surface area contributed by atoms with Gasteiger partial charge in [-0.15, -0.1) is 0 Å². The van der Waals surface area contributed by atoms with E-state index in [9.17, 15) is 15.0 Å². The summed E-state index contributed by atoms with van der Waals surface area (Å²) >= 11 is 0. The van der Waals surface area contributed by atoms with E-state index in [4.69, 9.17) is 14.2 Å². The van der Waals surface area contributed by atoms with Gasteiger partial charge in [-0.2, -0.15) is 0 Å². The molecular formula is C21H24O6. The van der Waals surface area contributed by atoms with Crippen LogP contribution in [0.4, 0.5) is 0 Å². The smallest absolute Gasteiger partial charge is 0.189 e. The Hall–Kier alpha value is -3.15. The fraction of sp³-hybridized carbons (Fsp3) is 0.286. The Kier molecular flexibility index (Phi) is 6.71. The van der Waals surface area contributed by atoms with Gasteiger partial charge in [0.05, 0.1) is 26.9 Å². The number of methoxy groups -OCH3 is 3. The van der Waals surface area contributed by atoms with E-state index in [0.717, 1.165) is 6.42 Å². The van der Waals surface area contributed by atoms with Crippen LogP contribution in [0.15, 0.2) is 30.3 Å². The number of carbonyl (C=O) groups is 1. The Morgan fingerprint density at radius 3 is 2.22 bits per heavy atom. The predicted molar refractivity (Wildman–Crippen MR) is 103 cm³/mol. The maximum absolute atomic E-state index is 12.6. The van der Waals surface area contributed by atoms with E-state index in [2.05, 4.69) is 0 Å². The molecule has 0 saturated carbocycles. The summed E-state index contributed by atoms with van der Waals surface area (Å²) in [6, 6.07) is 6.19. The van der Waals surface area contributed by atoms with Gasteiger partial charge in [-0.3, -0.25) is 4.79 Å². The summed E-state index contributed by atoms with van der Waals surface area (Å²) in [5.41, 5.74) is 1.13. The number of phenols is 2. The first kappa shape index (κ1) is 20.2. The van der Waals surface area contributed by atoms with Crippen molar-refractivity contribution in [1.82, 2.24) is 0 Å². The first-order valence-corrected chi connectivity index (χ1v) is 8.53. The number of carbonyl (C=O) groups excluding carboxylic acids is 1. The molecule has 0 heterocycles. The van der Waals surface area contributed by atoms with Gasteiger partial charge in [0.15, 0.2) is 17.3 Å². The summed E-state index contributed by atoms with van der Waals surface area (Å²) in [7, 11) is 4.56. The van der Waals surface area contributed by atoms with Crippen LogP contribution in [0.5, 0.6) is 28.7 Å². The number of ketones is 1. The molecule has 0 unspecified atom stereocenters. The number of hydrogen-bond acceptors (Lipinski definition) is 6. The van der Waals surface area contributed by atoms with Gasteiger partial charge in [-0.25, -0.2) is 0 Å². The van der Waals surface area contributed by atoms with Gasteiger partial charge in [0, 0.05) is 17.2 Å². The van der Waals surface area contributed by atoms with Crippen LogP contribution < -0.4 is 14.2 Å². The lowest BCUT2D eigenvalue weighted by molar-refractivity contribution is 0.104. The predicted octanol–water partition coefficient (Wildman–Crippen LogP) is 3.97. The zero-order valence-corrected chi connectivity index (χ0v) is 15.9. The van der Waals surface area contributed by atoms with E-state index in [1.807, 2.05) is 6.92 Å². The first-order valence-electron chi connectivity index (χ1n) is 8.53. The number of aromatic hydroxyl groups is 2. The van der Waals surface area contributed by atoms with Crippen LogP contribution in [0, 0.1) is 0 Å². The minimum absolute atomic E-state index is 0.0172. The van der Waals surface area contributed by atoms with E-state index in [1.165, 1.54) is 39.5 Å². The third kappa shape index (κ3) is 4.34. The Morgan fingerprint density at radius 1 is 1.00 bits per heavy atom. The molecule has 6 heteroatoms. The van der Waals surface area contributed by atoms with Crippen molar-refractivity contribution in [3.05, 3.63) is 47.0 Å². The molecule has 2 rings (SSSR count).